The molecule has 0 bridgehead atoms. The van der Waals surface area contributed by atoms with Gasteiger partial charge in [-0.15, -0.1) is 0 Å². The smallest absolute Gasteiger partial charge is 0.270 e. The van der Waals surface area contributed by atoms with Crippen molar-refractivity contribution in [1.82, 2.24) is 5.32 Å². The number of amides is 2. The topological polar surface area (TPSA) is 120 Å². The van der Waals surface area contributed by atoms with Crippen LogP contribution in [0, 0.1) is 10.1 Å². The van der Waals surface area contributed by atoms with E-state index in [0.29, 0.717) is 28.1 Å². The van der Waals surface area contributed by atoms with Gasteiger partial charge in [-0.1, -0.05) is 12.1 Å². The summed E-state index contributed by atoms with van der Waals surface area (Å²) in [7, 11) is 1.50. The fourth-order valence-electron chi connectivity index (χ4n) is 2.73. The number of non-ortho nitro benzene ring substituents is 1. The highest BCUT2D eigenvalue weighted by Crippen LogP contribution is 2.33. The van der Waals surface area contributed by atoms with Crippen molar-refractivity contribution in [3.63, 3.8) is 0 Å². The minimum Gasteiger partial charge on any atom is -0.467 e. The van der Waals surface area contributed by atoms with Crippen LogP contribution in [0.25, 0.3) is 6.08 Å². The number of ether oxygens (including phenoxy) is 2. The zero-order valence-corrected chi connectivity index (χ0v) is 14.9. The number of benzene rings is 2. The molecule has 2 aromatic rings. The minimum absolute atomic E-state index is 0.0252. The molecule has 1 aliphatic heterocycles. The van der Waals surface area contributed by atoms with Crippen molar-refractivity contribution >= 4 is 29.3 Å². The van der Waals surface area contributed by atoms with Crippen LogP contribution in [0.15, 0.2) is 42.5 Å². The summed E-state index contributed by atoms with van der Waals surface area (Å²) in [5.74, 6) is -0.392. The lowest BCUT2D eigenvalue weighted by Crippen LogP contribution is -2.20. The molecule has 3 rings (SSSR count). The molecule has 0 unspecified atom stereocenters. The molecule has 0 spiro atoms. The van der Waals surface area contributed by atoms with Crippen LogP contribution >= 0.6 is 0 Å². The molecule has 144 valence electrons. The van der Waals surface area contributed by atoms with Gasteiger partial charge in [0.25, 0.3) is 11.6 Å². The van der Waals surface area contributed by atoms with Gasteiger partial charge in [-0.25, -0.2) is 0 Å². The number of nitro benzene ring substituents is 1. The summed E-state index contributed by atoms with van der Waals surface area (Å²) in [4.78, 5) is 34.8. The van der Waals surface area contributed by atoms with Gasteiger partial charge in [-0.05, 0) is 18.2 Å². The normalized spacial score (nSPS) is 12.8. The summed E-state index contributed by atoms with van der Waals surface area (Å²) in [5, 5.41) is 16.3. The van der Waals surface area contributed by atoms with E-state index in [-0.39, 0.29) is 25.0 Å². The van der Waals surface area contributed by atoms with E-state index in [9.17, 15) is 19.7 Å². The number of hydrogen-bond donors (Lipinski definition) is 2. The van der Waals surface area contributed by atoms with Crippen LogP contribution in [0.1, 0.15) is 21.5 Å². The summed E-state index contributed by atoms with van der Waals surface area (Å²) in [6.45, 7) is 0.209. The second kappa shape index (κ2) is 8.31. The van der Waals surface area contributed by atoms with Crippen LogP contribution in [-0.2, 0) is 16.1 Å². The van der Waals surface area contributed by atoms with Crippen molar-refractivity contribution in [1.29, 1.82) is 0 Å². The van der Waals surface area contributed by atoms with Crippen molar-refractivity contribution < 1.29 is 24.0 Å². The van der Waals surface area contributed by atoms with E-state index >= 15 is 0 Å². The van der Waals surface area contributed by atoms with E-state index < -0.39 is 10.8 Å². The number of anilines is 1. The lowest BCUT2D eigenvalue weighted by atomic mass is 10.1. The first-order chi connectivity index (χ1) is 13.5. The summed E-state index contributed by atoms with van der Waals surface area (Å²) in [6.07, 6.45) is 2.65. The molecule has 9 nitrogen and oxygen atoms in total. The van der Waals surface area contributed by atoms with Gasteiger partial charge in [0, 0.05) is 36.4 Å². The number of carbonyl (C=O) groups is 2. The van der Waals surface area contributed by atoms with E-state index in [2.05, 4.69) is 10.6 Å². The lowest BCUT2D eigenvalue weighted by Gasteiger charge is -2.19. The molecule has 0 aliphatic carbocycles. The number of nitrogens with zero attached hydrogens (tertiary/aromatic N) is 1. The average Bonchev–Trinajstić information content (AvgIpc) is 2.71. The third kappa shape index (κ3) is 4.15. The number of rotatable bonds is 5. The van der Waals surface area contributed by atoms with Crippen LogP contribution in [0.2, 0.25) is 0 Å². The summed E-state index contributed by atoms with van der Waals surface area (Å²) < 4.78 is 10.6. The van der Waals surface area contributed by atoms with E-state index in [1.54, 1.807) is 24.3 Å². The maximum atomic E-state index is 12.3. The van der Waals surface area contributed by atoms with Crippen molar-refractivity contribution in [2.45, 2.75) is 6.61 Å². The third-order valence-corrected chi connectivity index (χ3v) is 4.01. The van der Waals surface area contributed by atoms with Gasteiger partial charge in [0.15, 0.2) is 6.79 Å². The highest BCUT2D eigenvalue weighted by Gasteiger charge is 2.20. The fraction of sp³-hybridized carbons (Fsp3) is 0.158. The Morgan fingerprint density at radius 2 is 2.04 bits per heavy atom. The second-order valence-corrected chi connectivity index (χ2v) is 5.84. The number of fused-ring (bicyclic) bond motifs is 1. The number of hydrogen-bond acceptors (Lipinski definition) is 6. The maximum absolute atomic E-state index is 12.3. The molecule has 2 amide bonds. The first kappa shape index (κ1) is 19.1. The number of nitrogens with one attached hydrogen (secondary N) is 2. The molecule has 2 aromatic carbocycles. The second-order valence-electron chi connectivity index (χ2n) is 5.84. The largest absolute Gasteiger partial charge is 0.467 e. The molecule has 1 aliphatic rings. The molecule has 28 heavy (non-hydrogen) atoms. The lowest BCUT2D eigenvalue weighted by molar-refractivity contribution is -0.385. The summed E-state index contributed by atoms with van der Waals surface area (Å²) in [6, 6.07) is 9.27. The Labute approximate surface area is 160 Å². The summed E-state index contributed by atoms with van der Waals surface area (Å²) >= 11 is 0. The molecule has 0 saturated heterocycles. The number of para-hydroxylation sites is 1. The van der Waals surface area contributed by atoms with Crippen LogP contribution < -0.4 is 15.4 Å². The van der Waals surface area contributed by atoms with Crippen molar-refractivity contribution in [3.05, 3.63) is 69.3 Å². The van der Waals surface area contributed by atoms with Crippen LogP contribution in [0.3, 0.4) is 0 Å². The standard InChI is InChI=1S/C19H17N3O6/c1-20-19(24)15-4-2-3-5-16(15)21-17(23)7-6-12-8-14(22(25)26)9-13-10-27-11-28-18(12)13/h2-9H,10-11H2,1H3,(H,20,24)(H,21,23)/b7-6+. The molecule has 0 atom stereocenters. The monoisotopic (exact) mass is 383 g/mol. The zero-order valence-electron chi connectivity index (χ0n) is 14.9. The van der Waals surface area contributed by atoms with Gasteiger partial charge in [0.05, 0.1) is 22.8 Å². The third-order valence-electron chi connectivity index (χ3n) is 4.01. The van der Waals surface area contributed by atoms with Gasteiger partial charge in [0.2, 0.25) is 5.91 Å². The van der Waals surface area contributed by atoms with Crippen molar-refractivity contribution in [2.75, 3.05) is 19.2 Å². The van der Waals surface area contributed by atoms with Crippen molar-refractivity contribution in [3.8, 4) is 5.75 Å². The van der Waals surface area contributed by atoms with E-state index in [0.717, 1.165) is 0 Å². The molecule has 0 saturated carbocycles. The average molecular weight is 383 g/mol. The molecule has 9 heteroatoms. The Kier molecular flexibility index (Phi) is 5.66. The quantitative estimate of drug-likeness (QED) is 0.465. The van der Waals surface area contributed by atoms with Crippen LogP contribution in [0.5, 0.6) is 5.75 Å². The highest BCUT2D eigenvalue weighted by atomic mass is 16.7. The molecular weight excluding hydrogens is 366 g/mol. The Hall–Kier alpha value is -3.72. The summed E-state index contributed by atoms with van der Waals surface area (Å²) in [5.41, 5.74) is 1.47. The van der Waals surface area contributed by atoms with Gasteiger partial charge in [-0.3, -0.25) is 19.7 Å². The zero-order chi connectivity index (χ0) is 20.1. The highest BCUT2D eigenvalue weighted by molar-refractivity contribution is 6.07. The predicted octanol–water partition coefficient (Wildman–Crippen LogP) is 2.47. The van der Waals surface area contributed by atoms with Crippen molar-refractivity contribution in [2.24, 2.45) is 0 Å². The molecule has 0 fully saturated rings. The Morgan fingerprint density at radius 3 is 2.79 bits per heavy atom. The van der Waals surface area contributed by atoms with Crippen LogP contribution in [0.4, 0.5) is 11.4 Å². The molecule has 0 radical (unpaired) electrons. The molecular formula is C19H17N3O6. The first-order valence-corrected chi connectivity index (χ1v) is 8.31. The molecule has 2 N–H and O–H groups in total. The van der Waals surface area contributed by atoms with Crippen LogP contribution in [-0.4, -0.2) is 30.6 Å². The number of nitro groups is 1. The predicted molar refractivity (Wildman–Crippen MR) is 101 cm³/mol. The number of carbonyl (C=O) groups excluding carboxylic acids is 2. The molecule has 1 heterocycles. The Balaban J connectivity index is 1.85. The van der Waals surface area contributed by atoms with E-state index in [1.165, 1.54) is 31.3 Å². The van der Waals surface area contributed by atoms with E-state index in [4.69, 9.17) is 9.47 Å². The van der Waals surface area contributed by atoms with Gasteiger partial charge in [-0.2, -0.15) is 0 Å². The Bertz CT molecular complexity index is 970. The van der Waals surface area contributed by atoms with Gasteiger partial charge >= 0.3 is 0 Å². The van der Waals surface area contributed by atoms with Gasteiger partial charge in [0.1, 0.15) is 5.75 Å². The van der Waals surface area contributed by atoms with E-state index in [1.807, 2.05) is 0 Å². The minimum atomic E-state index is -0.522. The first-order valence-electron chi connectivity index (χ1n) is 8.31. The Morgan fingerprint density at radius 1 is 1.25 bits per heavy atom. The maximum Gasteiger partial charge on any atom is 0.270 e. The molecule has 0 aromatic heterocycles. The fourth-order valence-corrected chi connectivity index (χ4v) is 2.73. The SMILES string of the molecule is CNC(=O)c1ccccc1NC(=O)/C=C/c1cc([N+](=O)[O-])cc2c1OCOC2. The van der Waals surface area contributed by atoms with Gasteiger partial charge < -0.3 is 20.1 Å².